The van der Waals surface area contributed by atoms with Gasteiger partial charge < -0.3 is 34.3 Å². The summed E-state index contributed by atoms with van der Waals surface area (Å²) in [6.07, 6.45) is 0.947. The molecule has 0 radical (unpaired) electrons. The van der Waals surface area contributed by atoms with Gasteiger partial charge in [-0.3, -0.25) is 14.4 Å². The second-order valence-corrected chi connectivity index (χ2v) is 16.4. The van der Waals surface area contributed by atoms with Gasteiger partial charge in [0.15, 0.2) is 5.79 Å². The molecule has 3 aliphatic rings. The molecule has 2 N–H and O–H groups in total. The summed E-state index contributed by atoms with van der Waals surface area (Å²) in [7, 11) is 1.56. The highest BCUT2D eigenvalue weighted by atomic mass is 127. The van der Waals surface area contributed by atoms with Crippen LogP contribution in [0, 0.1) is 3.57 Å². The predicted octanol–water partition coefficient (Wildman–Crippen LogP) is 5.09. The van der Waals surface area contributed by atoms with Crippen molar-refractivity contribution in [3.8, 4) is 0 Å². The number of esters is 2. The standard InChI is InChI=1S/C42H47IN2O9/c1-41(2,3)53-36(47)19-18-32(25-46)44-38(48)33(20-26-10-6-5-7-11-26)45(4)39(49)30-21-34(51-40(50)27-14-16-31(43)17-15-27)37-35(22-30)52-42(54-37)23-28-12-8-9-13-29(28)24-42/h5-17,22,32-35,37,46H,18-21,23-25H2,1-4H3,(H,44,48). The first-order valence-corrected chi connectivity index (χ1v) is 19.3. The van der Waals surface area contributed by atoms with Crippen molar-refractivity contribution in [2.24, 2.45) is 0 Å². The minimum Gasteiger partial charge on any atom is -0.460 e. The van der Waals surface area contributed by atoms with Crippen molar-refractivity contribution in [2.75, 3.05) is 13.7 Å². The monoisotopic (exact) mass is 850 g/mol. The van der Waals surface area contributed by atoms with Crippen LogP contribution in [0.25, 0.3) is 0 Å². The number of carbonyl (C=O) groups excluding carboxylic acids is 4. The van der Waals surface area contributed by atoms with Crippen LogP contribution >= 0.6 is 22.6 Å². The van der Waals surface area contributed by atoms with Crippen LogP contribution in [0.1, 0.15) is 67.1 Å². The number of halogens is 1. The third-order valence-corrected chi connectivity index (χ3v) is 10.6. The third-order valence-electron chi connectivity index (χ3n) is 9.88. The zero-order valence-corrected chi connectivity index (χ0v) is 33.1. The number of aliphatic hydroxyl groups excluding tert-OH is 1. The molecular formula is C42H47IN2O9. The van der Waals surface area contributed by atoms with Crippen LogP contribution in [0.5, 0.6) is 0 Å². The van der Waals surface area contributed by atoms with Crippen LogP contribution in [0.2, 0.25) is 0 Å². The molecule has 1 heterocycles. The minimum atomic E-state index is -0.988. The Balaban J connectivity index is 1.24. The van der Waals surface area contributed by atoms with E-state index in [0.29, 0.717) is 24.0 Å². The van der Waals surface area contributed by atoms with E-state index in [1.54, 1.807) is 46.0 Å². The molecule has 3 aromatic rings. The summed E-state index contributed by atoms with van der Waals surface area (Å²) in [5, 5.41) is 13.0. The number of nitrogens with one attached hydrogen (secondary N) is 1. The molecule has 54 heavy (non-hydrogen) atoms. The molecule has 11 nitrogen and oxygen atoms in total. The van der Waals surface area contributed by atoms with Crippen molar-refractivity contribution in [1.82, 2.24) is 10.2 Å². The molecule has 0 aromatic heterocycles. The lowest BCUT2D eigenvalue weighted by atomic mass is 9.90. The van der Waals surface area contributed by atoms with E-state index < -0.39 is 72.1 Å². The van der Waals surface area contributed by atoms with Crippen molar-refractivity contribution in [1.29, 1.82) is 0 Å². The van der Waals surface area contributed by atoms with E-state index >= 15 is 0 Å². The molecule has 3 aromatic carbocycles. The largest absolute Gasteiger partial charge is 0.460 e. The highest BCUT2D eigenvalue weighted by molar-refractivity contribution is 14.1. The number of ether oxygens (including phenoxy) is 4. The Morgan fingerprint density at radius 1 is 0.963 bits per heavy atom. The van der Waals surface area contributed by atoms with Gasteiger partial charge in [0.25, 0.3) is 0 Å². The van der Waals surface area contributed by atoms with Gasteiger partial charge in [0.2, 0.25) is 11.8 Å². The Morgan fingerprint density at radius 3 is 2.24 bits per heavy atom. The van der Waals surface area contributed by atoms with Crippen LogP contribution in [0.4, 0.5) is 0 Å². The van der Waals surface area contributed by atoms with E-state index in [1.807, 2.05) is 66.7 Å². The van der Waals surface area contributed by atoms with Gasteiger partial charge in [-0.15, -0.1) is 0 Å². The van der Waals surface area contributed by atoms with Gasteiger partial charge in [-0.05, 0) is 96.8 Å². The molecule has 2 aliphatic carbocycles. The van der Waals surface area contributed by atoms with Crippen molar-refractivity contribution in [3.63, 3.8) is 0 Å². The Bertz CT molecular complexity index is 1850. The number of benzene rings is 3. The topological polar surface area (TPSA) is 141 Å². The molecule has 1 fully saturated rings. The van der Waals surface area contributed by atoms with Crippen molar-refractivity contribution in [2.45, 2.75) is 101 Å². The first-order valence-electron chi connectivity index (χ1n) is 18.3. The number of carbonyl (C=O) groups is 4. The van der Waals surface area contributed by atoms with E-state index in [2.05, 4.69) is 27.9 Å². The number of likely N-dealkylation sites (N-methyl/N-ethyl adjacent to an activating group) is 1. The maximum atomic E-state index is 14.5. The molecule has 0 bridgehead atoms. The zero-order valence-electron chi connectivity index (χ0n) is 31.0. The third kappa shape index (κ3) is 9.57. The maximum Gasteiger partial charge on any atom is 0.338 e. The summed E-state index contributed by atoms with van der Waals surface area (Å²) in [6.45, 7) is 4.90. The van der Waals surface area contributed by atoms with Crippen LogP contribution in [-0.2, 0) is 52.6 Å². The molecule has 2 amide bonds. The number of fused-ring (bicyclic) bond motifs is 2. The Hall–Kier alpha value is -4.11. The molecule has 6 rings (SSSR count). The maximum absolute atomic E-state index is 14.5. The average molecular weight is 851 g/mol. The molecule has 1 saturated heterocycles. The summed E-state index contributed by atoms with van der Waals surface area (Å²) in [6, 6.07) is 22.7. The number of rotatable bonds is 12. The van der Waals surface area contributed by atoms with Crippen LogP contribution in [0.3, 0.4) is 0 Å². The van der Waals surface area contributed by atoms with Crippen molar-refractivity contribution in [3.05, 3.63) is 116 Å². The number of nitrogens with zero attached hydrogens (tertiary/aromatic N) is 1. The first kappa shape index (κ1) is 39.6. The summed E-state index contributed by atoms with van der Waals surface area (Å²) in [5.41, 5.74) is 3.09. The molecule has 5 atom stereocenters. The zero-order chi connectivity index (χ0) is 38.6. The normalized spacial score (nSPS) is 20.9. The van der Waals surface area contributed by atoms with Gasteiger partial charge >= 0.3 is 11.9 Å². The number of aliphatic hydroxyl groups is 1. The van der Waals surface area contributed by atoms with E-state index in [0.717, 1.165) is 20.3 Å². The summed E-state index contributed by atoms with van der Waals surface area (Å²) >= 11 is 2.17. The fourth-order valence-corrected chi connectivity index (χ4v) is 7.61. The highest BCUT2D eigenvalue weighted by Crippen LogP contribution is 2.45. The van der Waals surface area contributed by atoms with E-state index in [-0.39, 0.29) is 25.7 Å². The quantitative estimate of drug-likeness (QED) is 0.188. The number of hydrogen-bond acceptors (Lipinski definition) is 9. The van der Waals surface area contributed by atoms with Gasteiger partial charge in [-0.25, -0.2) is 4.79 Å². The van der Waals surface area contributed by atoms with Crippen molar-refractivity contribution >= 4 is 46.3 Å². The average Bonchev–Trinajstić information content (AvgIpc) is 3.69. The lowest BCUT2D eigenvalue weighted by Crippen LogP contribution is -2.53. The van der Waals surface area contributed by atoms with Gasteiger partial charge in [-0.2, -0.15) is 0 Å². The molecule has 5 unspecified atom stereocenters. The predicted molar refractivity (Wildman–Crippen MR) is 208 cm³/mol. The highest BCUT2D eigenvalue weighted by Gasteiger charge is 2.55. The lowest BCUT2D eigenvalue weighted by molar-refractivity contribution is -0.172. The second-order valence-electron chi connectivity index (χ2n) is 15.2. The number of amides is 2. The SMILES string of the molecule is CN(C(=O)C1=CC2OC3(Cc4ccccc4C3)OC2C(OC(=O)c2ccc(I)cc2)C1)C(Cc1ccccc1)C(=O)NC(CO)CCC(=O)OC(C)(C)C. The Kier molecular flexibility index (Phi) is 12.3. The van der Waals surface area contributed by atoms with Crippen molar-refractivity contribution < 1.29 is 43.2 Å². The van der Waals surface area contributed by atoms with Crippen LogP contribution < -0.4 is 5.32 Å². The van der Waals surface area contributed by atoms with E-state index in [4.69, 9.17) is 18.9 Å². The molecule has 0 saturated carbocycles. The molecule has 286 valence electrons. The molecule has 1 spiro atoms. The Labute approximate surface area is 329 Å². The second kappa shape index (κ2) is 16.7. The van der Waals surface area contributed by atoms with Crippen LogP contribution in [-0.4, -0.2) is 89.2 Å². The fraction of sp³-hybridized carbons (Fsp3) is 0.429. The first-order chi connectivity index (χ1) is 25.7. The molecular weight excluding hydrogens is 803 g/mol. The van der Waals surface area contributed by atoms with Gasteiger partial charge in [0.1, 0.15) is 30.0 Å². The lowest BCUT2D eigenvalue weighted by Gasteiger charge is -2.34. The minimum absolute atomic E-state index is 0.00664. The van der Waals surface area contributed by atoms with E-state index in [9.17, 15) is 24.3 Å². The smallest absolute Gasteiger partial charge is 0.338 e. The van der Waals surface area contributed by atoms with Gasteiger partial charge in [0, 0.05) is 48.3 Å². The van der Waals surface area contributed by atoms with Gasteiger partial charge in [0.05, 0.1) is 18.2 Å². The Morgan fingerprint density at radius 2 is 1.61 bits per heavy atom. The summed E-state index contributed by atoms with van der Waals surface area (Å²) in [5.74, 6) is -2.88. The van der Waals surface area contributed by atoms with Gasteiger partial charge in [-0.1, -0.05) is 54.6 Å². The van der Waals surface area contributed by atoms with E-state index in [1.165, 1.54) is 4.90 Å². The molecule has 12 heteroatoms. The number of hydrogen-bond donors (Lipinski definition) is 2. The summed E-state index contributed by atoms with van der Waals surface area (Å²) in [4.78, 5) is 55.7. The summed E-state index contributed by atoms with van der Waals surface area (Å²) < 4.78 is 25.8. The molecule has 1 aliphatic heterocycles. The van der Waals surface area contributed by atoms with Crippen LogP contribution in [0.15, 0.2) is 90.5 Å². The fourth-order valence-electron chi connectivity index (χ4n) is 7.25.